The van der Waals surface area contributed by atoms with Crippen molar-refractivity contribution in [2.75, 3.05) is 6.26 Å². The molecule has 2 saturated carbocycles. The highest BCUT2D eigenvalue weighted by atomic mass is 32.2. The molecule has 2 rings (SSSR count). The predicted molar refractivity (Wildman–Crippen MR) is 120 cm³/mol. The summed E-state index contributed by atoms with van der Waals surface area (Å²) in [6.45, 7) is 13.4. The van der Waals surface area contributed by atoms with Gasteiger partial charge in [-0.25, -0.2) is 0 Å². The van der Waals surface area contributed by atoms with E-state index in [4.69, 9.17) is 8.61 Å². The van der Waals surface area contributed by atoms with Crippen molar-refractivity contribution >= 4 is 24.7 Å². The zero-order valence-corrected chi connectivity index (χ0v) is 21.3. The topological polar surface area (TPSA) is 69.7 Å². The third kappa shape index (κ3) is 5.33. The maximum Gasteiger partial charge on any atom is 0.264 e. The molecule has 0 bridgehead atoms. The summed E-state index contributed by atoms with van der Waals surface area (Å²) < 4.78 is 36.1. The molecule has 170 valence electrons. The summed E-state index contributed by atoms with van der Waals surface area (Å²) in [5.74, 6) is 0.489. The lowest BCUT2D eigenvalue weighted by Crippen LogP contribution is -2.55. The Morgan fingerprint density at radius 1 is 1.10 bits per heavy atom. The molecule has 2 aliphatic carbocycles. The summed E-state index contributed by atoms with van der Waals surface area (Å²) in [7, 11) is -5.26. The minimum Gasteiger partial charge on any atom is -0.412 e. The molecule has 0 N–H and O–H groups in total. The molecule has 0 aromatic heterocycles. The fourth-order valence-corrected chi connectivity index (χ4v) is 10.0. The Labute approximate surface area is 179 Å². The molecule has 0 aliphatic heterocycles. The SMILES string of the molecule is CC[Si](CC)(CC)OC(C)(C)[C@@H]1CC[C@@]2(C)[C@H](OS(C)(=O)=O)CC[C@H](C=O)[C@@H]2C1. The number of carbonyl (C=O) groups excluding carboxylic acids is 1. The fraction of sp³-hybridized carbons (Fsp3) is 0.955. The van der Waals surface area contributed by atoms with Crippen LogP contribution in [0.15, 0.2) is 0 Å². The van der Waals surface area contributed by atoms with Gasteiger partial charge in [-0.15, -0.1) is 0 Å². The minimum absolute atomic E-state index is 0.0245. The van der Waals surface area contributed by atoms with E-state index in [9.17, 15) is 13.2 Å². The molecule has 0 saturated heterocycles. The van der Waals surface area contributed by atoms with Crippen LogP contribution in [-0.4, -0.2) is 41.0 Å². The average molecular weight is 447 g/mol. The third-order valence-electron chi connectivity index (χ3n) is 8.29. The predicted octanol–water partition coefficient (Wildman–Crippen LogP) is 5.16. The molecular formula is C22H42O5SSi. The van der Waals surface area contributed by atoms with Crippen LogP contribution in [0.1, 0.15) is 73.6 Å². The Balaban J connectivity index is 2.27. The van der Waals surface area contributed by atoms with Crippen molar-refractivity contribution in [2.24, 2.45) is 23.2 Å². The van der Waals surface area contributed by atoms with Gasteiger partial charge in [0.15, 0.2) is 8.32 Å². The molecule has 0 aromatic rings. The van der Waals surface area contributed by atoms with Crippen molar-refractivity contribution < 1.29 is 21.8 Å². The van der Waals surface area contributed by atoms with Gasteiger partial charge in [0, 0.05) is 5.92 Å². The number of hydrogen-bond acceptors (Lipinski definition) is 5. The van der Waals surface area contributed by atoms with E-state index in [1.165, 1.54) is 0 Å². The average Bonchev–Trinajstić information content (AvgIpc) is 2.65. The lowest BCUT2D eigenvalue weighted by Gasteiger charge is -2.56. The van der Waals surface area contributed by atoms with Gasteiger partial charge in [-0.2, -0.15) is 8.42 Å². The molecule has 7 heteroatoms. The number of fused-ring (bicyclic) bond motifs is 1. The normalized spacial score (nSPS) is 33.9. The van der Waals surface area contributed by atoms with Crippen LogP contribution in [0.4, 0.5) is 0 Å². The molecule has 0 spiro atoms. The molecule has 5 atom stereocenters. The van der Waals surface area contributed by atoms with Crippen LogP contribution in [0.3, 0.4) is 0 Å². The lowest BCUT2D eigenvalue weighted by molar-refractivity contribution is -0.134. The molecule has 0 aromatic carbocycles. The molecule has 2 aliphatic rings. The Hall–Kier alpha value is -0.243. The Bertz CT molecular complexity index is 664. The van der Waals surface area contributed by atoms with Crippen LogP contribution in [0.25, 0.3) is 0 Å². The molecule has 0 radical (unpaired) electrons. The molecule has 29 heavy (non-hydrogen) atoms. The van der Waals surface area contributed by atoms with E-state index in [0.29, 0.717) is 18.8 Å². The van der Waals surface area contributed by atoms with Crippen molar-refractivity contribution in [3.63, 3.8) is 0 Å². The van der Waals surface area contributed by atoms with Crippen molar-refractivity contribution in [2.45, 2.75) is 103 Å². The monoisotopic (exact) mass is 446 g/mol. The number of carbonyl (C=O) groups is 1. The molecule has 0 heterocycles. The number of aldehydes is 1. The van der Waals surface area contributed by atoms with Gasteiger partial charge in [0.05, 0.1) is 18.0 Å². The van der Waals surface area contributed by atoms with Crippen molar-refractivity contribution in [1.29, 1.82) is 0 Å². The van der Waals surface area contributed by atoms with Crippen molar-refractivity contribution in [3.05, 3.63) is 0 Å². The highest BCUT2D eigenvalue weighted by Crippen LogP contribution is 2.57. The van der Waals surface area contributed by atoms with Gasteiger partial charge >= 0.3 is 0 Å². The second kappa shape index (κ2) is 9.09. The Morgan fingerprint density at radius 3 is 2.17 bits per heavy atom. The quantitative estimate of drug-likeness (QED) is 0.278. The second-order valence-electron chi connectivity index (χ2n) is 10.2. The molecule has 0 amide bonds. The van der Waals surface area contributed by atoms with Gasteiger partial charge in [0.1, 0.15) is 6.29 Å². The first-order valence-corrected chi connectivity index (χ1v) is 15.7. The van der Waals surface area contributed by atoms with E-state index in [0.717, 1.165) is 49.9 Å². The highest BCUT2D eigenvalue weighted by Gasteiger charge is 2.55. The van der Waals surface area contributed by atoms with Gasteiger partial charge < -0.3 is 9.22 Å². The summed E-state index contributed by atoms with van der Waals surface area (Å²) >= 11 is 0. The van der Waals surface area contributed by atoms with E-state index < -0.39 is 18.4 Å². The van der Waals surface area contributed by atoms with E-state index in [1.54, 1.807) is 0 Å². The number of hydrogen-bond donors (Lipinski definition) is 0. The van der Waals surface area contributed by atoms with E-state index in [-0.39, 0.29) is 29.0 Å². The summed E-state index contributed by atoms with van der Waals surface area (Å²) in [4.78, 5) is 11.9. The summed E-state index contributed by atoms with van der Waals surface area (Å²) in [6.07, 6.45) is 5.98. The second-order valence-corrected chi connectivity index (χ2v) is 16.5. The van der Waals surface area contributed by atoms with Crippen LogP contribution >= 0.6 is 0 Å². The maximum atomic E-state index is 11.9. The first kappa shape index (κ1) is 25.0. The largest absolute Gasteiger partial charge is 0.412 e. The van der Waals surface area contributed by atoms with Crippen molar-refractivity contribution in [1.82, 2.24) is 0 Å². The van der Waals surface area contributed by atoms with Crippen LogP contribution in [0.5, 0.6) is 0 Å². The smallest absolute Gasteiger partial charge is 0.264 e. The lowest BCUT2D eigenvalue weighted by atomic mass is 9.52. The minimum atomic E-state index is -3.52. The van der Waals surface area contributed by atoms with Crippen molar-refractivity contribution in [3.8, 4) is 0 Å². The molecule has 0 unspecified atom stereocenters. The van der Waals surface area contributed by atoms with E-state index >= 15 is 0 Å². The van der Waals surface area contributed by atoms with Gasteiger partial charge in [0.25, 0.3) is 10.1 Å². The third-order valence-corrected chi connectivity index (χ3v) is 13.7. The standard InChI is InChI=1S/C22H42O5SSi/c1-8-29(9-2,10-3)27-21(4,5)18-13-14-22(6)19(15-18)17(16-23)11-12-20(22)26-28(7,24)25/h16-20H,8-15H2,1-7H3/t17-,18-,19+,20-,22-/m1/s1. The van der Waals surface area contributed by atoms with Crippen LogP contribution < -0.4 is 0 Å². The Morgan fingerprint density at radius 2 is 1.69 bits per heavy atom. The molecule has 5 nitrogen and oxygen atoms in total. The first-order chi connectivity index (χ1) is 13.4. The van der Waals surface area contributed by atoms with Gasteiger partial charge in [-0.1, -0.05) is 27.7 Å². The number of rotatable bonds is 9. The zero-order valence-electron chi connectivity index (χ0n) is 19.5. The zero-order chi connectivity index (χ0) is 22.1. The van der Waals surface area contributed by atoms with Crippen LogP contribution in [0.2, 0.25) is 18.1 Å². The van der Waals surface area contributed by atoms with Gasteiger partial charge in [-0.3, -0.25) is 4.18 Å². The fourth-order valence-electron chi connectivity index (χ4n) is 6.07. The summed E-state index contributed by atoms with van der Waals surface area (Å²) in [5, 5.41) is 0. The summed E-state index contributed by atoms with van der Waals surface area (Å²) in [5.41, 5.74) is -0.512. The highest BCUT2D eigenvalue weighted by molar-refractivity contribution is 7.86. The van der Waals surface area contributed by atoms with E-state index in [1.807, 2.05) is 0 Å². The van der Waals surface area contributed by atoms with Crippen LogP contribution in [0, 0.1) is 23.2 Å². The molecule has 2 fully saturated rings. The Kier molecular flexibility index (Phi) is 7.84. The van der Waals surface area contributed by atoms with Gasteiger partial charge in [-0.05, 0) is 81.3 Å². The molecular weight excluding hydrogens is 404 g/mol. The van der Waals surface area contributed by atoms with Gasteiger partial charge in [0.2, 0.25) is 0 Å². The first-order valence-electron chi connectivity index (χ1n) is 11.4. The van der Waals surface area contributed by atoms with E-state index in [2.05, 4.69) is 41.5 Å². The van der Waals surface area contributed by atoms with Crippen LogP contribution in [-0.2, 0) is 23.5 Å². The maximum absolute atomic E-state index is 11.9. The summed E-state index contributed by atoms with van der Waals surface area (Å²) in [6, 6.07) is 3.37.